The number of aromatic amines is 2. The van der Waals surface area contributed by atoms with Crippen LogP contribution >= 0.6 is 0 Å². The van der Waals surface area contributed by atoms with Gasteiger partial charge < -0.3 is 9.47 Å². The van der Waals surface area contributed by atoms with Crippen LogP contribution in [0.1, 0.15) is 46.0 Å². The SMILES string of the molecule is CCCCOC(C[SiH2]CCCn1c(=O)[nH]c(=O)[nH]c1=O)OCCCC. The van der Waals surface area contributed by atoms with Crippen LogP contribution in [0.5, 0.6) is 0 Å². The zero-order chi connectivity index (χ0) is 18.5. The molecule has 0 amide bonds. The Balaban J connectivity index is 2.33. The highest BCUT2D eigenvalue weighted by molar-refractivity contribution is 6.35. The summed E-state index contributed by atoms with van der Waals surface area (Å²) in [6.07, 6.45) is 4.88. The number of ether oxygens (including phenoxy) is 2. The number of aromatic nitrogens is 3. The van der Waals surface area contributed by atoms with Crippen LogP contribution in [-0.2, 0) is 16.0 Å². The average Bonchev–Trinajstić information content (AvgIpc) is 2.56. The first-order valence-corrected chi connectivity index (χ1v) is 11.2. The molecule has 25 heavy (non-hydrogen) atoms. The van der Waals surface area contributed by atoms with Crippen LogP contribution in [0.3, 0.4) is 0 Å². The van der Waals surface area contributed by atoms with Gasteiger partial charge in [0.25, 0.3) is 0 Å². The smallest absolute Gasteiger partial charge is 0.333 e. The molecule has 0 atom stereocenters. The van der Waals surface area contributed by atoms with Crippen molar-refractivity contribution in [1.82, 2.24) is 14.5 Å². The molecule has 8 nitrogen and oxygen atoms in total. The van der Waals surface area contributed by atoms with E-state index in [1.807, 2.05) is 0 Å². The Morgan fingerprint density at radius 3 is 2.04 bits per heavy atom. The van der Waals surface area contributed by atoms with E-state index in [0.717, 1.165) is 62.0 Å². The number of nitrogens with zero attached hydrogens (tertiary/aromatic N) is 1. The molecule has 144 valence electrons. The summed E-state index contributed by atoms with van der Waals surface area (Å²) in [6.45, 7) is 6.03. The van der Waals surface area contributed by atoms with Gasteiger partial charge in [0.1, 0.15) is 0 Å². The van der Waals surface area contributed by atoms with E-state index >= 15 is 0 Å². The second-order valence-electron chi connectivity index (χ2n) is 6.07. The summed E-state index contributed by atoms with van der Waals surface area (Å²) in [7, 11) is -0.402. The topological polar surface area (TPSA) is 106 Å². The Labute approximate surface area is 149 Å². The Hall–Kier alpha value is -1.45. The zero-order valence-corrected chi connectivity index (χ0v) is 16.8. The molecule has 0 saturated heterocycles. The molecule has 1 aromatic heterocycles. The fourth-order valence-electron chi connectivity index (χ4n) is 2.35. The monoisotopic (exact) mass is 373 g/mol. The second-order valence-corrected chi connectivity index (χ2v) is 8.06. The van der Waals surface area contributed by atoms with Crippen molar-refractivity contribution in [3.05, 3.63) is 31.5 Å². The van der Waals surface area contributed by atoms with Gasteiger partial charge in [-0.3, -0.25) is 9.97 Å². The van der Waals surface area contributed by atoms with Crippen molar-refractivity contribution < 1.29 is 9.47 Å². The van der Waals surface area contributed by atoms with Crippen molar-refractivity contribution in [2.24, 2.45) is 0 Å². The molecule has 0 unspecified atom stereocenters. The third kappa shape index (κ3) is 8.99. The first kappa shape index (κ1) is 21.6. The molecule has 0 fully saturated rings. The van der Waals surface area contributed by atoms with Crippen molar-refractivity contribution in [2.75, 3.05) is 13.2 Å². The van der Waals surface area contributed by atoms with E-state index in [-0.39, 0.29) is 6.29 Å². The predicted octanol–water partition coefficient (Wildman–Crippen LogP) is 0.580. The maximum atomic E-state index is 11.6. The fraction of sp³-hybridized carbons (Fsp3) is 0.812. The van der Waals surface area contributed by atoms with E-state index < -0.39 is 26.6 Å². The summed E-state index contributed by atoms with van der Waals surface area (Å²) < 4.78 is 12.6. The maximum Gasteiger partial charge on any atom is 0.333 e. The normalized spacial score (nSPS) is 11.8. The van der Waals surface area contributed by atoms with Gasteiger partial charge in [-0.15, -0.1) is 0 Å². The molecular formula is C16H31N3O5Si. The van der Waals surface area contributed by atoms with Crippen molar-refractivity contribution in [2.45, 2.75) is 70.9 Å². The molecule has 0 aliphatic carbocycles. The quantitative estimate of drug-likeness (QED) is 0.282. The standard InChI is InChI=1S/C16H31N3O5Si/c1-3-5-9-23-13(24-10-6-4-2)12-25-11-7-8-19-15(21)17-14(20)18-16(19)22/h13H,3-12,25H2,1-2H3,(H2,17,18,20,21,22). The van der Waals surface area contributed by atoms with Crippen LogP contribution in [0.2, 0.25) is 12.1 Å². The molecule has 1 rings (SSSR count). The van der Waals surface area contributed by atoms with Gasteiger partial charge in [-0.2, -0.15) is 0 Å². The van der Waals surface area contributed by atoms with Gasteiger partial charge in [-0.1, -0.05) is 32.7 Å². The lowest BCUT2D eigenvalue weighted by Gasteiger charge is -2.18. The van der Waals surface area contributed by atoms with E-state index in [9.17, 15) is 14.4 Å². The lowest BCUT2D eigenvalue weighted by Crippen LogP contribution is -2.43. The highest BCUT2D eigenvalue weighted by Gasteiger charge is 2.09. The van der Waals surface area contributed by atoms with Crippen LogP contribution in [0.15, 0.2) is 14.4 Å². The number of H-pyrrole nitrogens is 2. The summed E-state index contributed by atoms with van der Waals surface area (Å²) in [5, 5.41) is 0. The van der Waals surface area contributed by atoms with Crippen LogP contribution < -0.4 is 17.1 Å². The maximum absolute atomic E-state index is 11.6. The minimum Gasteiger partial charge on any atom is -0.353 e. The number of nitrogens with one attached hydrogen (secondary N) is 2. The van der Waals surface area contributed by atoms with Crippen LogP contribution in [0.4, 0.5) is 0 Å². The summed E-state index contributed by atoms with van der Waals surface area (Å²) in [4.78, 5) is 38.3. The molecular weight excluding hydrogens is 342 g/mol. The van der Waals surface area contributed by atoms with Gasteiger partial charge in [-0.05, 0) is 25.3 Å². The van der Waals surface area contributed by atoms with E-state index in [1.54, 1.807) is 0 Å². The van der Waals surface area contributed by atoms with E-state index in [4.69, 9.17) is 9.47 Å². The van der Waals surface area contributed by atoms with E-state index in [2.05, 4.69) is 23.8 Å². The second kappa shape index (κ2) is 12.8. The van der Waals surface area contributed by atoms with E-state index in [1.165, 1.54) is 0 Å². The Bertz CT molecular complexity index is 595. The molecule has 9 heteroatoms. The van der Waals surface area contributed by atoms with Gasteiger partial charge in [0.15, 0.2) is 6.29 Å². The highest BCUT2D eigenvalue weighted by atomic mass is 28.2. The third-order valence-electron chi connectivity index (χ3n) is 3.86. The van der Waals surface area contributed by atoms with Gasteiger partial charge >= 0.3 is 17.1 Å². The first-order chi connectivity index (χ1) is 12.1. The van der Waals surface area contributed by atoms with Crippen LogP contribution in [0.25, 0.3) is 0 Å². The Morgan fingerprint density at radius 2 is 1.52 bits per heavy atom. The van der Waals surface area contributed by atoms with Gasteiger partial charge in [0.05, 0.1) is 0 Å². The molecule has 0 spiro atoms. The highest BCUT2D eigenvalue weighted by Crippen LogP contribution is 2.07. The average molecular weight is 374 g/mol. The van der Waals surface area contributed by atoms with Crippen molar-refractivity contribution in [3.63, 3.8) is 0 Å². The molecule has 1 aromatic rings. The summed E-state index contributed by atoms with van der Waals surface area (Å²) in [6, 6.07) is 1.92. The molecule has 0 bridgehead atoms. The van der Waals surface area contributed by atoms with Crippen LogP contribution in [-0.4, -0.2) is 43.6 Å². The predicted molar refractivity (Wildman–Crippen MR) is 100 cm³/mol. The fourth-order valence-corrected chi connectivity index (χ4v) is 3.88. The van der Waals surface area contributed by atoms with Gasteiger partial charge in [0.2, 0.25) is 0 Å². The minimum absolute atomic E-state index is 0.121. The molecule has 0 radical (unpaired) electrons. The first-order valence-electron chi connectivity index (χ1n) is 9.25. The summed E-state index contributed by atoms with van der Waals surface area (Å²) >= 11 is 0. The number of unbranched alkanes of at least 4 members (excludes halogenated alkanes) is 2. The van der Waals surface area contributed by atoms with Crippen molar-refractivity contribution in [3.8, 4) is 0 Å². The van der Waals surface area contributed by atoms with Gasteiger partial charge in [0, 0.05) is 29.3 Å². The number of hydrogen-bond donors (Lipinski definition) is 2. The number of rotatable bonds is 14. The lowest BCUT2D eigenvalue weighted by atomic mass is 10.4. The number of hydrogen-bond acceptors (Lipinski definition) is 5. The largest absolute Gasteiger partial charge is 0.353 e. The molecule has 2 N–H and O–H groups in total. The summed E-state index contributed by atoms with van der Waals surface area (Å²) in [5.74, 6) is 0. The molecule has 1 heterocycles. The molecule has 0 aliphatic rings. The minimum atomic E-state index is -0.767. The molecule has 0 aliphatic heterocycles. The van der Waals surface area contributed by atoms with E-state index in [0.29, 0.717) is 6.54 Å². The third-order valence-corrected chi connectivity index (χ3v) is 5.74. The van der Waals surface area contributed by atoms with Crippen molar-refractivity contribution >= 4 is 9.52 Å². The zero-order valence-electron chi connectivity index (χ0n) is 15.3. The van der Waals surface area contributed by atoms with Crippen molar-refractivity contribution in [1.29, 1.82) is 0 Å². The molecule has 0 aromatic carbocycles. The lowest BCUT2D eigenvalue weighted by molar-refractivity contribution is -0.131. The Kier molecular flexibility index (Phi) is 11.1. The van der Waals surface area contributed by atoms with Gasteiger partial charge in [-0.25, -0.2) is 19.0 Å². The molecule has 0 saturated carbocycles. The Morgan fingerprint density at radius 1 is 0.960 bits per heavy atom. The summed E-state index contributed by atoms with van der Waals surface area (Å²) in [5.41, 5.74) is -2.07. The van der Waals surface area contributed by atoms with Crippen LogP contribution in [0, 0.1) is 0 Å².